The minimum Gasteiger partial charge on any atom is -0.462 e. The number of aryl methyl sites for hydroxylation is 1. The molecule has 4 aliphatic rings. The van der Waals surface area contributed by atoms with Gasteiger partial charge in [0.1, 0.15) is 6.10 Å². The molecular weight excluding hydrogens is 460 g/mol. The van der Waals surface area contributed by atoms with Crippen LogP contribution < -0.4 is 0 Å². The summed E-state index contributed by atoms with van der Waals surface area (Å²) in [5, 5.41) is 23.2. The van der Waals surface area contributed by atoms with E-state index in [9.17, 15) is 24.6 Å². The topological polar surface area (TPSA) is 110 Å². The third-order valence-electron chi connectivity index (χ3n) is 9.77. The van der Waals surface area contributed by atoms with Crippen molar-refractivity contribution in [2.75, 3.05) is 6.61 Å². The van der Waals surface area contributed by atoms with Crippen molar-refractivity contribution >= 4 is 17.5 Å². The number of ether oxygens (including phenoxy) is 2. The number of aliphatic hydroxyl groups excluding tert-OH is 1. The molecule has 1 aliphatic heterocycles. The van der Waals surface area contributed by atoms with Crippen LogP contribution in [0, 0.1) is 22.7 Å². The first-order chi connectivity index (χ1) is 16.9. The molecule has 36 heavy (non-hydrogen) atoms. The van der Waals surface area contributed by atoms with Crippen LogP contribution in [0.2, 0.25) is 0 Å². The molecule has 7 unspecified atom stereocenters. The van der Waals surface area contributed by atoms with Gasteiger partial charge in [-0.2, -0.15) is 0 Å². The molecule has 3 fully saturated rings. The Kier molecular flexibility index (Phi) is 6.05. The molecule has 2 bridgehead atoms. The van der Waals surface area contributed by atoms with Crippen LogP contribution in [-0.2, 0) is 30.3 Å². The normalized spacial score (nSPS) is 39.3. The Balaban J connectivity index is 1.47. The van der Waals surface area contributed by atoms with Gasteiger partial charge in [0.05, 0.1) is 29.8 Å². The summed E-state index contributed by atoms with van der Waals surface area (Å²) in [7, 11) is 0. The van der Waals surface area contributed by atoms with Gasteiger partial charge in [-0.05, 0) is 36.5 Å². The number of carbonyl (C=O) groups is 3. The zero-order valence-corrected chi connectivity index (χ0v) is 21.5. The maximum Gasteiger partial charge on any atom is 0.306 e. The molecule has 3 aliphatic carbocycles. The summed E-state index contributed by atoms with van der Waals surface area (Å²) in [5.74, 6) is -2.92. The van der Waals surface area contributed by atoms with Crippen LogP contribution in [0.3, 0.4) is 0 Å². The molecule has 2 saturated carbocycles. The highest BCUT2D eigenvalue weighted by atomic mass is 16.5. The zero-order valence-electron chi connectivity index (χ0n) is 21.5. The van der Waals surface area contributed by atoms with E-state index in [2.05, 4.69) is 0 Å². The van der Waals surface area contributed by atoms with Crippen molar-refractivity contribution in [2.24, 2.45) is 22.7 Å². The molecule has 1 heterocycles. The summed E-state index contributed by atoms with van der Waals surface area (Å²) in [5.41, 5.74) is -1.18. The summed E-state index contributed by atoms with van der Waals surface area (Å²) >= 11 is 0. The van der Waals surface area contributed by atoms with E-state index < -0.39 is 52.0 Å². The number of fused-ring (bicyclic) bond motifs is 4. The number of hydrogen-bond donors (Lipinski definition) is 2. The first-order valence-electron chi connectivity index (χ1n) is 13.0. The predicted molar refractivity (Wildman–Crippen MR) is 131 cm³/mol. The fourth-order valence-electron chi connectivity index (χ4n) is 7.10. The van der Waals surface area contributed by atoms with E-state index in [0.29, 0.717) is 18.6 Å². The highest BCUT2D eigenvalue weighted by molar-refractivity contribution is 6.41. The quantitative estimate of drug-likeness (QED) is 0.375. The Morgan fingerprint density at radius 1 is 1.17 bits per heavy atom. The third-order valence-corrected chi connectivity index (χ3v) is 9.77. The number of hydrogen-bond acceptors (Lipinski definition) is 7. The van der Waals surface area contributed by atoms with E-state index in [4.69, 9.17) is 9.47 Å². The average molecular weight is 497 g/mol. The van der Waals surface area contributed by atoms with Crippen LogP contribution in [0.5, 0.6) is 0 Å². The molecular formula is C29H36O7. The number of esters is 1. The summed E-state index contributed by atoms with van der Waals surface area (Å²) < 4.78 is 11.5. The molecule has 194 valence electrons. The van der Waals surface area contributed by atoms with Crippen LogP contribution in [0.25, 0.3) is 0 Å². The SMILES string of the molecule is CC1C(OC(=O)CCc2ccccc2)CC2(O)CC3=C4COC4CC(O)C3(C)C(=O)C(=O)C1C2(C)C. The second-order valence-electron chi connectivity index (χ2n) is 11.9. The van der Waals surface area contributed by atoms with Gasteiger partial charge in [-0.1, -0.05) is 51.1 Å². The van der Waals surface area contributed by atoms with Gasteiger partial charge >= 0.3 is 5.97 Å². The molecule has 7 atom stereocenters. The smallest absolute Gasteiger partial charge is 0.306 e. The van der Waals surface area contributed by atoms with Crippen LogP contribution in [0.15, 0.2) is 41.5 Å². The lowest BCUT2D eigenvalue weighted by Crippen LogP contribution is -2.67. The molecule has 7 heteroatoms. The fraction of sp³-hybridized carbons (Fsp3) is 0.621. The van der Waals surface area contributed by atoms with Gasteiger partial charge in [0.25, 0.3) is 0 Å². The van der Waals surface area contributed by atoms with Gasteiger partial charge in [-0.25, -0.2) is 0 Å². The first kappa shape index (κ1) is 25.3. The predicted octanol–water partition coefficient (Wildman–Crippen LogP) is 2.95. The molecule has 0 aromatic heterocycles. The van der Waals surface area contributed by atoms with E-state index in [1.807, 2.05) is 51.1 Å². The fourth-order valence-corrected chi connectivity index (χ4v) is 7.10. The largest absolute Gasteiger partial charge is 0.462 e. The molecule has 0 amide bonds. The lowest BCUT2D eigenvalue weighted by molar-refractivity contribution is -0.205. The molecule has 1 saturated heterocycles. The van der Waals surface area contributed by atoms with Crippen LogP contribution in [-0.4, -0.2) is 58.3 Å². The van der Waals surface area contributed by atoms with Gasteiger partial charge in [0, 0.05) is 36.5 Å². The summed E-state index contributed by atoms with van der Waals surface area (Å²) in [6.07, 6.45) is -0.792. The van der Waals surface area contributed by atoms with Crippen LogP contribution in [0.1, 0.15) is 58.9 Å². The molecule has 0 spiro atoms. The standard InChI is InChI=1S/C29H36O7/c1-16-21(36-23(31)11-10-17-8-6-5-7-9-17)14-29(34)13-19-18-15-35-20(18)12-22(30)28(19,4)26(33)25(32)24(16)27(29,2)3/h5-9,16,20-22,24,30,34H,10-15H2,1-4H3. The molecule has 1 aromatic rings. The number of Topliss-reactive ketones (excluding diaryl/α,β-unsaturated/α-hetero) is 2. The third kappa shape index (κ3) is 3.62. The van der Waals surface area contributed by atoms with E-state index in [1.165, 1.54) is 0 Å². The van der Waals surface area contributed by atoms with Gasteiger partial charge < -0.3 is 19.7 Å². The van der Waals surface area contributed by atoms with E-state index in [-0.39, 0.29) is 37.8 Å². The molecule has 0 radical (unpaired) electrons. The monoisotopic (exact) mass is 496 g/mol. The van der Waals surface area contributed by atoms with Crippen molar-refractivity contribution in [1.82, 2.24) is 0 Å². The molecule has 2 N–H and O–H groups in total. The number of aliphatic hydroxyl groups is 2. The average Bonchev–Trinajstić information content (AvgIpc) is 2.81. The Labute approximate surface area is 211 Å². The Morgan fingerprint density at radius 2 is 1.86 bits per heavy atom. The number of rotatable bonds is 4. The van der Waals surface area contributed by atoms with Crippen molar-refractivity contribution < 1.29 is 34.1 Å². The second-order valence-corrected chi connectivity index (χ2v) is 11.9. The summed E-state index contributed by atoms with van der Waals surface area (Å²) in [6.45, 7) is 7.45. The minimum absolute atomic E-state index is 0.128. The van der Waals surface area contributed by atoms with Crippen LogP contribution >= 0.6 is 0 Å². The van der Waals surface area contributed by atoms with E-state index in [1.54, 1.807) is 6.92 Å². The highest BCUT2D eigenvalue weighted by Gasteiger charge is 2.66. The Bertz CT molecular complexity index is 1120. The molecule has 7 nitrogen and oxygen atoms in total. The van der Waals surface area contributed by atoms with Gasteiger partial charge in [0.2, 0.25) is 11.6 Å². The second kappa shape index (κ2) is 8.61. The Morgan fingerprint density at radius 3 is 2.50 bits per heavy atom. The molecule has 1 aromatic carbocycles. The lowest BCUT2D eigenvalue weighted by atomic mass is 9.47. The van der Waals surface area contributed by atoms with Crippen molar-refractivity contribution in [1.29, 1.82) is 0 Å². The number of benzene rings is 1. The maximum absolute atomic E-state index is 13.9. The summed E-state index contributed by atoms with van der Waals surface area (Å²) in [6, 6.07) is 9.65. The van der Waals surface area contributed by atoms with Gasteiger partial charge in [0.15, 0.2) is 0 Å². The first-order valence-corrected chi connectivity index (χ1v) is 13.0. The summed E-state index contributed by atoms with van der Waals surface area (Å²) in [4.78, 5) is 40.5. The van der Waals surface area contributed by atoms with Crippen molar-refractivity contribution in [3.8, 4) is 0 Å². The minimum atomic E-state index is -1.41. The zero-order chi connectivity index (χ0) is 26.0. The Hall–Kier alpha value is -2.35. The lowest BCUT2D eigenvalue weighted by Gasteiger charge is -2.59. The van der Waals surface area contributed by atoms with Crippen molar-refractivity contribution in [3.05, 3.63) is 47.0 Å². The van der Waals surface area contributed by atoms with Crippen molar-refractivity contribution in [3.63, 3.8) is 0 Å². The number of carbonyl (C=O) groups excluding carboxylic acids is 3. The van der Waals surface area contributed by atoms with E-state index in [0.717, 1.165) is 11.1 Å². The van der Waals surface area contributed by atoms with Crippen LogP contribution in [0.4, 0.5) is 0 Å². The van der Waals surface area contributed by atoms with Gasteiger partial charge in [-0.3, -0.25) is 14.4 Å². The van der Waals surface area contributed by atoms with Gasteiger partial charge in [-0.15, -0.1) is 0 Å². The number of ketones is 2. The van der Waals surface area contributed by atoms with Crippen molar-refractivity contribution in [2.45, 2.75) is 83.7 Å². The highest BCUT2D eigenvalue weighted by Crippen LogP contribution is 2.60. The molecule has 5 rings (SSSR count). The maximum atomic E-state index is 13.9. The van der Waals surface area contributed by atoms with E-state index >= 15 is 0 Å².